The van der Waals surface area contributed by atoms with Crippen molar-refractivity contribution >= 4 is 30.1 Å². The van der Waals surface area contributed by atoms with Gasteiger partial charge in [0.2, 0.25) is 30.1 Å². The van der Waals surface area contributed by atoms with Gasteiger partial charge in [-0.15, -0.1) is 0 Å². The molecule has 0 aromatic heterocycles. The maximum Gasteiger partial charge on any atom is 0.239 e. The molecular formula is C6H9N3O6S3. The lowest BCUT2D eigenvalue weighted by Crippen LogP contribution is -2.22. The minimum absolute atomic E-state index is 0.532. The molecule has 18 heavy (non-hydrogen) atoms. The van der Waals surface area contributed by atoms with Gasteiger partial charge < -0.3 is 0 Å². The van der Waals surface area contributed by atoms with E-state index in [9.17, 15) is 25.3 Å². The minimum Gasteiger partial charge on any atom is -0.225 e. The molecule has 0 radical (unpaired) electrons. The zero-order chi connectivity index (χ0) is 14.4. The molecule has 0 fully saturated rings. The summed E-state index contributed by atoms with van der Waals surface area (Å²) < 4.78 is 66.7. The predicted octanol–water partition coefficient (Wildman–Crippen LogP) is -2.37. The summed E-state index contributed by atoms with van der Waals surface area (Å²) in [6.07, 6.45) is 0. The Bertz CT molecular complexity index is 793. The molecule has 12 heteroatoms. The fourth-order valence-electron chi connectivity index (χ4n) is 1.12. The van der Waals surface area contributed by atoms with Gasteiger partial charge in [-0.05, 0) is 18.2 Å². The van der Waals surface area contributed by atoms with Crippen LogP contribution in [0.2, 0.25) is 0 Å². The molecular weight excluding hydrogens is 306 g/mol. The Morgan fingerprint density at radius 3 is 1.44 bits per heavy atom. The molecule has 0 saturated heterocycles. The molecule has 0 aliphatic carbocycles. The maximum atomic E-state index is 11.2. The Morgan fingerprint density at radius 2 is 1.11 bits per heavy atom. The Hall–Kier alpha value is -1.05. The third-order valence-electron chi connectivity index (χ3n) is 1.86. The largest absolute Gasteiger partial charge is 0.239 e. The first-order chi connectivity index (χ1) is 7.83. The number of primary sulfonamides is 3. The zero-order valence-electron chi connectivity index (χ0n) is 8.64. The zero-order valence-corrected chi connectivity index (χ0v) is 11.1. The monoisotopic (exact) mass is 315 g/mol. The van der Waals surface area contributed by atoms with E-state index in [1.54, 1.807) is 0 Å². The summed E-state index contributed by atoms with van der Waals surface area (Å²) >= 11 is 0. The Balaban J connectivity index is 3.83. The molecule has 0 atom stereocenters. The SMILES string of the molecule is NS(=O)(=O)c1ccc(S(N)(=O)=O)c(S(N)(=O)=O)c1. The summed E-state index contributed by atoms with van der Waals surface area (Å²) in [6.45, 7) is 0. The van der Waals surface area contributed by atoms with Crippen molar-refractivity contribution in [3.05, 3.63) is 18.2 Å². The fourth-order valence-corrected chi connectivity index (χ4v) is 3.67. The van der Waals surface area contributed by atoms with Gasteiger partial charge in [-0.3, -0.25) is 0 Å². The van der Waals surface area contributed by atoms with E-state index in [1.807, 2.05) is 0 Å². The van der Waals surface area contributed by atoms with E-state index in [4.69, 9.17) is 15.4 Å². The number of hydrogen-bond donors (Lipinski definition) is 3. The van der Waals surface area contributed by atoms with E-state index in [2.05, 4.69) is 0 Å². The molecule has 102 valence electrons. The first-order valence-corrected chi connectivity index (χ1v) is 8.70. The maximum absolute atomic E-state index is 11.2. The quantitative estimate of drug-likeness (QED) is 0.560. The summed E-state index contributed by atoms with van der Waals surface area (Å²) in [6, 6.07) is 2.04. The normalized spacial score (nSPS) is 13.5. The van der Waals surface area contributed by atoms with Crippen molar-refractivity contribution in [2.45, 2.75) is 14.7 Å². The average Bonchev–Trinajstić information content (AvgIpc) is 2.12. The smallest absolute Gasteiger partial charge is 0.225 e. The lowest BCUT2D eigenvalue weighted by molar-refractivity contribution is 0.582. The topological polar surface area (TPSA) is 180 Å². The van der Waals surface area contributed by atoms with Crippen LogP contribution in [0.4, 0.5) is 0 Å². The number of benzene rings is 1. The van der Waals surface area contributed by atoms with Crippen molar-refractivity contribution in [2.24, 2.45) is 15.4 Å². The van der Waals surface area contributed by atoms with Crippen molar-refractivity contribution in [3.63, 3.8) is 0 Å². The van der Waals surface area contributed by atoms with Gasteiger partial charge in [0, 0.05) is 0 Å². The molecule has 0 heterocycles. The molecule has 0 spiro atoms. The third-order valence-corrected chi connectivity index (χ3v) is 4.82. The van der Waals surface area contributed by atoms with Crippen LogP contribution in [0.15, 0.2) is 32.9 Å². The molecule has 0 amide bonds. The predicted molar refractivity (Wildman–Crippen MR) is 60.6 cm³/mol. The summed E-state index contributed by atoms with van der Waals surface area (Å²) in [7, 11) is -13.1. The van der Waals surface area contributed by atoms with Gasteiger partial charge >= 0.3 is 0 Å². The summed E-state index contributed by atoms with van der Waals surface area (Å²) in [4.78, 5) is -2.34. The van der Waals surface area contributed by atoms with Crippen LogP contribution in [0.1, 0.15) is 0 Å². The lowest BCUT2D eigenvalue weighted by atomic mass is 10.4. The van der Waals surface area contributed by atoms with Crippen LogP contribution in [0.5, 0.6) is 0 Å². The number of nitrogens with two attached hydrogens (primary N) is 3. The lowest BCUT2D eigenvalue weighted by Gasteiger charge is -2.07. The van der Waals surface area contributed by atoms with Gasteiger partial charge in [0.25, 0.3) is 0 Å². The van der Waals surface area contributed by atoms with Crippen LogP contribution in [0.25, 0.3) is 0 Å². The highest BCUT2D eigenvalue weighted by Crippen LogP contribution is 2.22. The molecule has 9 nitrogen and oxygen atoms in total. The van der Waals surface area contributed by atoms with Gasteiger partial charge in [0.1, 0.15) is 9.79 Å². The van der Waals surface area contributed by atoms with E-state index in [0.717, 1.165) is 6.07 Å². The first kappa shape index (κ1) is 15.0. The molecule has 0 aliphatic rings. The van der Waals surface area contributed by atoms with Crippen molar-refractivity contribution in [2.75, 3.05) is 0 Å². The number of hydrogen-bond acceptors (Lipinski definition) is 6. The van der Waals surface area contributed by atoms with Crippen LogP contribution < -0.4 is 15.4 Å². The van der Waals surface area contributed by atoms with Crippen LogP contribution in [-0.2, 0) is 30.1 Å². The van der Waals surface area contributed by atoms with Crippen molar-refractivity contribution in [1.29, 1.82) is 0 Å². The van der Waals surface area contributed by atoms with Crippen molar-refractivity contribution in [1.82, 2.24) is 0 Å². The third kappa shape index (κ3) is 3.24. The molecule has 1 aromatic carbocycles. The second-order valence-electron chi connectivity index (χ2n) is 3.24. The molecule has 0 saturated carbocycles. The first-order valence-electron chi connectivity index (χ1n) is 4.06. The van der Waals surface area contributed by atoms with Gasteiger partial charge in [-0.1, -0.05) is 0 Å². The molecule has 6 N–H and O–H groups in total. The molecule has 1 aromatic rings. The fraction of sp³-hybridized carbons (Fsp3) is 0. The van der Waals surface area contributed by atoms with E-state index in [1.165, 1.54) is 0 Å². The van der Waals surface area contributed by atoms with Crippen LogP contribution >= 0.6 is 0 Å². The summed E-state index contributed by atoms with van der Waals surface area (Å²) in [5, 5.41) is 14.4. The van der Waals surface area contributed by atoms with Crippen molar-refractivity contribution in [3.8, 4) is 0 Å². The number of sulfonamides is 3. The average molecular weight is 315 g/mol. The highest BCUT2D eigenvalue weighted by Gasteiger charge is 2.24. The van der Waals surface area contributed by atoms with Crippen molar-refractivity contribution < 1.29 is 25.3 Å². The van der Waals surface area contributed by atoms with Gasteiger partial charge in [0.15, 0.2) is 0 Å². The van der Waals surface area contributed by atoms with Gasteiger partial charge in [0.05, 0.1) is 4.90 Å². The van der Waals surface area contributed by atoms with E-state index in [-0.39, 0.29) is 0 Å². The van der Waals surface area contributed by atoms with E-state index < -0.39 is 44.8 Å². The highest BCUT2D eigenvalue weighted by molar-refractivity contribution is 7.92. The van der Waals surface area contributed by atoms with Crippen LogP contribution in [0.3, 0.4) is 0 Å². The summed E-state index contributed by atoms with van der Waals surface area (Å²) in [5.74, 6) is 0. The van der Waals surface area contributed by atoms with Crippen LogP contribution in [-0.4, -0.2) is 25.3 Å². The molecule has 0 bridgehead atoms. The number of rotatable bonds is 3. The minimum atomic E-state index is -4.48. The Morgan fingerprint density at radius 1 is 0.667 bits per heavy atom. The standard InChI is InChI=1S/C6H9N3O6S3/c7-16(10,11)4-1-2-5(17(8,12)13)6(3-4)18(9,14)15/h1-3H,(H2,7,10,11)(H2,8,12,13)(H2,9,14,15). The summed E-state index contributed by atoms with van der Waals surface area (Å²) in [5.41, 5.74) is 0. The van der Waals surface area contributed by atoms with Crippen LogP contribution in [0, 0.1) is 0 Å². The van der Waals surface area contributed by atoms with Gasteiger partial charge in [-0.25, -0.2) is 40.7 Å². The molecule has 0 aliphatic heterocycles. The van der Waals surface area contributed by atoms with E-state index >= 15 is 0 Å². The Labute approximate surface area is 104 Å². The second-order valence-corrected chi connectivity index (χ2v) is 7.86. The molecule has 0 unspecified atom stereocenters. The Kier molecular flexibility index (Phi) is 3.55. The van der Waals surface area contributed by atoms with E-state index in [0.29, 0.717) is 12.1 Å². The second kappa shape index (κ2) is 4.25. The van der Waals surface area contributed by atoms with Gasteiger partial charge in [-0.2, -0.15) is 0 Å². The highest BCUT2D eigenvalue weighted by atomic mass is 32.2. The molecule has 1 rings (SSSR count).